The number of aromatic nitrogens is 6. The number of H-pyrrole nitrogens is 2. The predicted molar refractivity (Wildman–Crippen MR) is 132 cm³/mol. The van der Waals surface area contributed by atoms with Crippen LogP contribution >= 0.6 is 0 Å². The van der Waals surface area contributed by atoms with E-state index in [1.807, 2.05) is 51.0 Å². The highest BCUT2D eigenvalue weighted by Gasteiger charge is 2.15. The van der Waals surface area contributed by atoms with Gasteiger partial charge >= 0.3 is 0 Å². The molecule has 160 valence electrons. The summed E-state index contributed by atoms with van der Waals surface area (Å²) in [6, 6.07) is 16.6. The third-order valence-corrected chi connectivity index (χ3v) is 5.90. The molecule has 6 aromatic rings. The van der Waals surface area contributed by atoms with Crippen LogP contribution in [0.25, 0.3) is 55.6 Å². The first kappa shape index (κ1) is 19.2. The molecular formula is C26H21N7. The van der Waals surface area contributed by atoms with E-state index in [4.69, 9.17) is 0 Å². The van der Waals surface area contributed by atoms with Gasteiger partial charge in [-0.2, -0.15) is 5.10 Å². The van der Waals surface area contributed by atoms with Crippen molar-refractivity contribution in [3.8, 4) is 33.6 Å². The molecule has 2 N–H and O–H groups in total. The Balaban J connectivity index is 1.48. The topological polar surface area (TPSA) is 86.4 Å². The van der Waals surface area contributed by atoms with Crippen LogP contribution in [0.4, 0.5) is 5.69 Å². The summed E-state index contributed by atoms with van der Waals surface area (Å²) in [6.07, 6.45) is 9.22. The zero-order chi connectivity index (χ0) is 22.4. The Morgan fingerprint density at radius 1 is 0.788 bits per heavy atom. The van der Waals surface area contributed by atoms with E-state index in [2.05, 4.69) is 71.4 Å². The Morgan fingerprint density at radius 2 is 1.70 bits per heavy atom. The molecule has 0 aliphatic heterocycles. The molecule has 0 radical (unpaired) electrons. The number of benzene rings is 1. The van der Waals surface area contributed by atoms with Gasteiger partial charge in [-0.1, -0.05) is 12.1 Å². The van der Waals surface area contributed by atoms with Crippen molar-refractivity contribution in [2.75, 3.05) is 19.0 Å². The summed E-state index contributed by atoms with van der Waals surface area (Å²) in [5.41, 5.74) is 8.92. The number of fused-ring (bicyclic) bond motifs is 2. The van der Waals surface area contributed by atoms with Gasteiger partial charge in [0.2, 0.25) is 0 Å². The number of aromatic amines is 2. The highest BCUT2D eigenvalue weighted by atomic mass is 15.1. The van der Waals surface area contributed by atoms with Gasteiger partial charge in [-0.05, 0) is 47.5 Å². The monoisotopic (exact) mass is 431 g/mol. The van der Waals surface area contributed by atoms with Gasteiger partial charge in [0.1, 0.15) is 11.3 Å². The number of anilines is 1. The lowest BCUT2D eigenvalue weighted by atomic mass is 10.0. The van der Waals surface area contributed by atoms with Gasteiger partial charge < -0.3 is 9.88 Å². The zero-order valence-corrected chi connectivity index (χ0v) is 18.2. The summed E-state index contributed by atoms with van der Waals surface area (Å²) in [5, 5.41) is 9.86. The van der Waals surface area contributed by atoms with Gasteiger partial charge in [-0.15, -0.1) is 0 Å². The molecule has 0 bridgehead atoms. The fraction of sp³-hybridized carbons (Fsp3) is 0.0769. The summed E-state index contributed by atoms with van der Waals surface area (Å²) in [6.45, 7) is 0. The van der Waals surface area contributed by atoms with E-state index < -0.39 is 0 Å². The minimum absolute atomic E-state index is 0.821. The van der Waals surface area contributed by atoms with E-state index in [0.717, 1.165) is 61.3 Å². The summed E-state index contributed by atoms with van der Waals surface area (Å²) >= 11 is 0. The molecule has 0 spiro atoms. The van der Waals surface area contributed by atoms with E-state index >= 15 is 0 Å². The molecule has 1 aromatic carbocycles. The van der Waals surface area contributed by atoms with Gasteiger partial charge in [-0.3, -0.25) is 15.1 Å². The average Bonchev–Trinajstić information content (AvgIpc) is 3.48. The number of pyridine rings is 3. The van der Waals surface area contributed by atoms with Crippen LogP contribution in [0, 0.1) is 0 Å². The van der Waals surface area contributed by atoms with Gasteiger partial charge in [0.05, 0.1) is 23.1 Å². The van der Waals surface area contributed by atoms with Crippen LogP contribution in [0.5, 0.6) is 0 Å². The van der Waals surface area contributed by atoms with Crippen molar-refractivity contribution in [1.29, 1.82) is 0 Å². The first-order valence-corrected chi connectivity index (χ1v) is 10.7. The van der Waals surface area contributed by atoms with E-state index in [9.17, 15) is 0 Å². The van der Waals surface area contributed by atoms with Gasteiger partial charge in [0, 0.05) is 60.8 Å². The minimum Gasteiger partial charge on any atom is -0.376 e. The number of nitrogens with zero attached hydrogens (tertiary/aromatic N) is 5. The molecule has 0 unspecified atom stereocenters. The predicted octanol–water partition coefficient (Wildman–Crippen LogP) is 5.30. The third kappa shape index (κ3) is 3.30. The fourth-order valence-electron chi connectivity index (χ4n) is 4.16. The number of nitrogens with one attached hydrogen (secondary N) is 2. The largest absolute Gasteiger partial charge is 0.376 e. The van der Waals surface area contributed by atoms with Crippen molar-refractivity contribution >= 4 is 27.6 Å². The van der Waals surface area contributed by atoms with E-state index in [0.29, 0.717) is 0 Å². The lowest BCUT2D eigenvalue weighted by molar-refractivity contribution is 1.11. The molecule has 0 amide bonds. The molecule has 5 heterocycles. The molecule has 0 aliphatic rings. The van der Waals surface area contributed by atoms with Crippen LogP contribution in [0.1, 0.15) is 0 Å². The van der Waals surface area contributed by atoms with Crippen molar-refractivity contribution < 1.29 is 0 Å². The van der Waals surface area contributed by atoms with Crippen molar-refractivity contribution in [1.82, 2.24) is 30.1 Å². The first-order chi connectivity index (χ1) is 16.2. The van der Waals surface area contributed by atoms with Gasteiger partial charge in [-0.25, -0.2) is 4.98 Å². The Kier molecular flexibility index (Phi) is 4.40. The van der Waals surface area contributed by atoms with Crippen LogP contribution < -0.4 is 4.90 Å². The Labute approximate surface area is 190 Å². The standard InChI is InChI=1S/C26H21N7/c1-33(2)19-10-18(14-28-15-19)16-5-6-23-22(11-16)25(32-31-23)24-12-21-20(7-9-29-26(21)30-24)17-4-3-8-27-13-17/h3-15H,1-2H3,(H,29,30)(H,31,32). The molecule has 0 atom stereocenters. The van der Waals surface area contributed by atoms with E-state index in [1.165, 1.54) is 0 Å². The van der Waals surface area contributed by atoms with Crippen LogP contribution in [0.3, 0.4) is 0 Å². The van der Waals surface area contributed by atoms with Crippen LogP contribution in [-0.4, -0.2) is 44.2 Å². The molecule has 7 nitrogen and oxygen atoms in total. The quantitative estimate of drug-likeness (QED) is 0.396. The minimum atomic E-state index is 0.821. The van der Waals surface area contributed by atoms with Gasteiger partial charge in [0.25, 0.3) is 0 Å². The normalized spacial score (nSPS) is 11.3. The van der Waals surface area contributed by atoms with Crippen LogP contribution in [0.15, 0.2) is 79.5 Å². The lowest BCUT2D eigenvalue weighted by Gasteiger charge is -2.13. The maximum atomic E-state index is 4.62. The molecule has 0 fully saturated rings. The van der Waals surface area contributed by atoms with Crippen molar-refractivity contribution in [2.24, 2.45) is 0 Å². The van der Waals surface area contributed by atoms with Gasteiger partial charge in [0.15, 0.2) is 0 Å². The molecule has 0 saturated heterocycles. The van der Waals surface area contributed by atoms with Crippen LogP contribution in [0.2, 0.25) is 0 Å². The molecule has 0 saturated carbocycles. The SMILES string of the molecule is CN(C)c1cncc(-c2ccc3[nH]nc(-c4cc5c(-c6cccnc6)ccnc5[nH]4)c3c2)c1. The average molecular weight is 432 g/mol. The lowest BCUT2D eigenvalue weighted by Crippen LogP contribution is -2.08. The van der Waals surface area contributed by atoms with Crippen LogP contribution in [-0.2, 0) is 0 Å². The molecule has 33 heavy (non-hydrogen) atoms. The summed E-state index contributed by atoms with van der Waals surface area (Å²) in [7, 11) is 4.03. The summed E-state index contributed by atoms with van der Waals surface area (Å²) in [5.74, 6) is 0. The Hall–Kier alpha value is -4.52. The first-order valence-electron chi connectivity index (χ1n) is 10.7. The highest BCUT2D eigenvalue weighted by Crippen LogP contribution is 2.34. The summed E-state index contributed by atoms with van der Waals surface area (Å²) < 4.78 is 0. The maximum absolute atomic E-state index is 4.62. The molecule has 5 aromatic heterocycles. The number of rotatable bonds is 4. The second kappa shape index (κ2) is 7.56. The third-order valence-electron chi connectivity index (χ3n) is 5.90. The van der Waals surface area contributed by atoms with E-state index in [-0.39, 0.29) is 0 Å². The molecule has 7 heteroatoms. The van der Waals surface area contributed by atoms with Crippen molar-refractivity contribution in [3.05, 3.63) is 79.5 Å². The Bertz CT molecular complexity index is 1600. The fourth-order valence-corrected chi connectivity index (χ4v) is 4.16. The smallest absolute Gasteiger partial charge is 0.138 e. The second-order valence-electron chi connectivity index (χ2n) is 8.20. The molecular weight excluding hydrogens is 410 g/mol. The Morgan fingerprint density at radius 3 is 2.55 bits per heavy atom. The summed E-state index contributed by atoms with van der Waals surface area (Å²) in [4.78, 5) is 18.7. The zero-order valence-electron chi connectivity index (χ0n) is 18.2. The molecule has 6 rings (SSSR count). The number of hydrogen-bond acceptors (Lipinski definition) is 5. The highest BCUT2D eigenvalue weighted by molar-refractivity contribution is 6.00. The second-order valence-corrected chi connectivity index (χ2v) is 8.20. The van der Waals surface area contributed by atoms with Crippen molar-refractivity contribution in [3.63, 3.8) is 0 Å². The number of hydrogen-bond donors (Lipinski definition) is 2. The molecule has 0 aliphatic carbocycles. The van der Waals surface area contributed by atoms with E-state index in [1.54, 1.807) is 6.20 Å². The van der Waals surface area contributed by atoms with Crippen molar-refractivity contribution in [2.45, 2.75) is 0 Å². The maximum Gasteiger partial charge on any atom is 0.138 e.